The molecule has 0 aromatic heterocycles. The van der Waals surface area contributed by atoms with Crippen LogP contribution in [0.25, 0.3) is 0 Å². The Balaban J connectivity index is 1.60. The van der Waals surface area contributed by atoms with E-state index < -0.39 is 29.8 Å². The number of methoxy groups -OCH3 is 2. The first kappa shape index (κ1) is 39.4. The van der Waals surface area contributed by atoms with Crippen molar-refractivity contribution in [2.75, 3.05) is 27.3 Å². The number of aryl methyl sites for hydroxylation is 1. The summed E-state index contributed by atoms with van der Waals surface area (Å²) in [6, 6.07) is 25.9. The second kappa shape index (κ2) is 19.3. The van der Waals surface area contributed by atoms with Gasteiger partial charge < -0.3 is 35.4 Å². The first-order chi connectivity index (χ1) is 24.6. The van der Waals surface area contributed by atoms with Crippen molar-refractivity contribution in [3.63, 3.8) is 0 Å². The summed E-state index contributed by atoms with van der Waals surface area (Å²) in [7, 11) is 2.92. The van der Waals surface area contributed by atoms with E-state index in [0.29, 0.717) is 38.8 Å². The number of hydrogen-bond acceptors (Lipinski definition) is 7. The van der Waals surface area contributed by atoms with Gasteiger partial charge in [0.05, 0.1) is 26.4 Å². The van der Waals surface area contributed by atoms with Crippen LogP contribution in [0.5, 0.6) is 5.75 Å². The van der Waals surface area contributed by atoms with Crippen LogP contribution >= 0.6 is 0 Å². The molecule has 51 heavy (non-hydrogen) atoms. The third-order valence-electron chi connectivity index (χ3n) is 10.6. The lowest BCUT2D eigenvalue weighted by atomic mass is 9.73. The maximum Gasteiger partial charge on any atom is 0.407 e. The number of aliphatic hydroxyl groups excluding tert-OH is 1. The molecule has 1 aliphatic heterocycles. The monoisotopic (exact) mass is 700 g/mol. The Bertz CT molecular complexity index is 1540. The van der Waals surface area contributed by atoms with Gasteiger partial charge in [0.2, 0.25) is 11.8 Å². The molecule has 3 amide bonds. The van der Waals surface area contributed by atoms with Gasteiger partial charge in [-0.25, -0.2) is 4.79 Å². The third-order valence-corrected chi connectivity index (χ3v) is 10.6. The van der Waals surface area contributed by atoms with E-state index in [0.717, 1.165) is 35.3 Å². The molecule has 1 aliphatic rings. The Morgan fingerprint density at radius 3 is 2.20 bits per heavy atom. The summed E-state index contributed by atoms with van der Waals surface area (Å²) in [5.74, 6) is 0.127. The minimum Gasteiger partial charge on any atom is -0.497 e. The second-order valence-corrected chi connectivity index (χ2v) is 13.6. The van der Waals surface area contributed by atoms with Gasteiger partial charge in [-0.3, -0.25) is 9.59 Å². The van der Waals surface area contributed by atoms with Gasteiger partial charge in [-0.15, -0.1) is 0 Å². The molecule has 0 aliphatic carbocycles. The smallest absolute Gasteiger partial charge is 0.407 e. The normalized spacial score (nSPS) is 18.2. The van der Waals surface area contributed by atoms with E-state index in [1.165, 1.54) is 7.11 Å². The molecule has 4 rings (SSSR count). The molecular formula is C41H56N4O6. The van der Waals surface area contributed by atoms with Crippen molar-refractivity contribution in [3.05, 3.63) is 102 Å². The van der Waals surface area contributed by atoms with Crippen LogP contribution in [0.3, 0.4) is 0 Å². The number of benzene rings is 3. The summed E-state index contributed by atoms with van der Waals surface area (Å²) in [6.45, 7) is 7.23. The van der Waals surface area contributed by atoms with Crippen molar-refractivity contribution in [1.29, 1.82) is 0 Å². The Morgan fingerprint density at radius 2 is 1.57 bits per heavy atom. The van der Waals surface area contributed by atoms with Crippen LogP contribution in [-0.2, 0) is 33.7 Å². The highest BCUT2D eigenvalue weighted by Crippen LogP contribution is 2.39. The topological polar surface area (TPSA) is 129 Å². The zero-order valence-corrected chi connectivity index (χ0v) is 30.8. The lowest BCUT2D eigenvalue weighted by molar-refractivity contribution is -0.143. The van der Waals surface area contributed by atoms with Gasteiger partial charge in [0.15, 0.2) is 0 Å². The standard InChI is InChI=1S/C41H56N4O6/c1-6-33(7-2)29(3)41(44-40(49)51-5)23-24-45(39(41)48)36(22-21-30-15-10-8-11-16-30)38(47)43-35(26-31-17-12-9-13-18-31)37(46)28-42-27-32-19-14-20-34(25-32)50-4/h8-20,25,29,33,35-37,42,46H,6-7,21-24,26-28H2,1-5H3,(H,43,47)(H,44,49)/t29-,35-,36-,37-,41-/m0/s1. The van der Waals surface area contributed by atoms with Gasteiger partial charge in [-0.2, -0.15) is 0 Å². The first-order valence-electron chi connectivity index (χ1n) is 18.2. The molecular weight excluding hydrogens is 644 g/mol. The average Bonchev–Trinajstić information content (AvgIpc) is 3.48. The molecule has 10 heteroatoms. The van der Waals surface area contributed by atoms with E-state index >= 15 is 0 Å². The van der Waals surface area contributed by atoms with Crippen LogP contribution in [0.2, 0.25) is 0 Å². The number of hydrogen-bond donors (Lipinski definition) is 4. The van der Waals surface area contributed by atoms with Crippen molar-refractivity contribution in [1.82, 2.24) is 20.9 Å². The molecule has 1 fully saturated rings. The van der Waals surface area contributed by atoms with Crippen LogP contribution in [-0.4, -0.2) is 78.9 Å². The van der Waals surface area contributed by atoms with Crippen LogP contribution in [0, 0.1) is 11.8 Å². The van der Waals surface area contributed by atoms with E-state index in [2.05, 4.69) is 29.8 Å². The fourth-order valence-corrected chi connectivity index (χ4v) is 7.44. The molecule has 4 N–H and O–H groups in total. The number of carbonyl (C=O) groups is 3. The Morgan fingerprint density at radius 1 is 0.922 bits per heavy atom. The van der Waals surface area contributed by atoms with E-state index in [1.807, 2.05) is 91.9 Å². The molecule has 0 saturated carbocycles. The maximum atomic E-state index is 14.7. The molecule has 276 valence electrons. The molecule has 10 nitrogen and oxygen atoms in total. The summed E-state index contributed by atoms with van der Waals surface area (Å²) in [6.07, 6.45) is 1.79. The molecule has 0 spiro atoms. The van der Waals surface area contributed by atoms with E-state index in [1.54, 1.807) is 12.0 Å². The van der Waals surface area contributed by atoms with Crippen LogP contribution < -0.4 is 20.7 Å². The van der Waals surface area contributed by atoms with Crippen molar-refractivity contribution < 1.29 is 29.0 Å². The first-order valence-corrected chi connectivity index (χ1v) is 18.2. The quantitative estimate of drug-likeness (QED) is 0.134. The number of carbonyl (C=O) groups excluding carboxylic acids is 3. The van der Waals surface area contributed by atoms with Gasteiger partial charge in [-0.05, 0) is 66.3 Å². The minimum atomic E-state index is -1.21. The minimum absolute atomic E-state index is 0.178. The van der Waals surface area contributed by atoms with Crippen molar-refractivity contribution in [2.24, 2.45) is 11.8 Å². The highest BCUT2D eigenvalue weighted by atomic mass is 16.5. The number of amides is 3. The third kappa shape index (κ3) is 10.3. The average molecular weight is 701 g/mol. The van der Waals surface area contributed by atoms with Gasteiger partial charge in [0.1, 0.15) is 17.3 Å². The Hall–Kier alpha value is -4.41. The fourth-order valence-electron chi connectivity index (χ4n) is 7.44. The Kier molecular flexibility index (Phi) is 14.9. The van der Waals surface area contributed by atoms with Crippen LogP contribution in [0.15, 0.2) is 84.9 Å². The molecule has 3 aromatic rings. The van der Waals surface area contributed by atoms with Crippen molar-refractivity contribution >= 4 is 17.9 Å². The molecule has 3 aromatic carbocycles. The summed E-state index contributed by atoms with van der Waals surface area (Å²) in [5, 5.41) is 21.0. The Labute approximate surface area is 303 Å². The van der Waals surface area contributed by atoms with Gasteiger partial charge >= 0.3 is 6.09 Å². The SMILES string of the molecule is CCC(CC)[C@H](C)[C@@]1(NC(=O)OC)CCN([C@@H](CCc2ccccc2)C(=O)N[C@@H](Cc2ccccc2)[C@@H](O)CNCc2cccc(OC)c2)C1=O. The highest BCUT2D eigenvalue weighted by Gasteiger charge is 2.55. The van der Waals surface area contributed by atoms with Gasteiger partial charge in [0.25, 0.3) is 0 Å². The maximum absolute atomic E-state index is 14.7. The lowest BCUT2D eigenvalue weighted by Gasteiger charge is -2.39. The predicted molar refractivity (Wildman–Crippen MR) is 199 cm³/mol. The summed E-state index contributed by atoms with van der Waals surface area (Å²) in [4.78, 5) is 43.5. The number of aliphatic hydroxyl groups is 1. The second-order valence-electron chi connectivity index (χ2n) is 13.6. The van der Waals surface area contributed by atoms with E-state index in [4.69, 9.17) is 9.47 Å². The van der Waals surface area contributed by atoms with Crippen molar-refractivity contribution in [3.8, 4) is 5.75 Å². The molecule has 0 radical (unpaired) electrons. The zero-order chi connectivity index (χ0) is 36.8. The fraction of sp³-hybridized carbons (Fsp3) is 0.488. The molecule has 1 heterocycles. The van der Waals surface area contributed by atoms with Crippen molar-refractivity contribution in [2.45, 2.75) is 89.6 Å². The van der Waals surface area contributed by atoms with Gasteiger partial charge in [0, 0.05) is 19.6 Å². The summed E-state index contributed by atoms with van der Waals surface area (Å²) < 4.78 is 10.3. The van der Waals surface area contributed by atoms with E-state index in [9.17, 15) is 19.5 Å². The molecule has 0 unspecified atom stereocenters. The largest absolute Gasteiger partial charge is 0.497 e. The zero-order valence-electron chi connectivity index (χ0n) is 30.8. The number of likely N-dealkylation sites (tertiary alicyclic amines) is 1. The lowest BCUT2D eigenvalue weighted by Crippen LogP contribution is -2.62. The molecule has 5 atom stereocenters. The summed E-state index contributed by atoms with van der Waals surface area (Å²) in [5.41, 5.74) is 1.81. The van der Waals surface area contributed by atoms with Gasteiger partial charge in [-0.1, -0.05) is 106 Å². The summed E-state index contributed by atoms with van der Waals surface area (Å²) >= 11 is 0. The number of ether oxygens (including phenoxy) is 2. The van der Waals surface area contributed by atoms with Crippen LogP contribution in [0.1, 0.15) is 63.1 Å². The predicted octanol–water partition coefficient (Wildman–Crippen LogP) is 5.27. The number of nitrogens with one attached hydrogen (secondary N) is 3. The highest BCUT2D eigenvalue weighted by molar-refractivity contribution is 5.96. The number of rotatable bonds is 19. The number of alkyl carbamates (subject to hydrolysis) is 1. The number of nitrogens with zero attached hydrogens (tertiary/aromatic N) is 1. The molecule has 1 saturated heterocycles. The molecule has 0 bridgehead atoms. The van der Waals surface area contributed by atoms with E-state index in [-0.39, 0.29) is 30.2 Å². The van der Waals surface area contributed by atoms with Crippen LogP contribution in [0.4, 0.5) is 4.79 Å².